The smallest absolute Gasteiger partial charge is 0.293 e. The fraction of sp³-hybridized carbons (Fsp3) is 0.579. The summed E-state index contributed by atoms with van der Waals surface area (Å²) >= 11 is 0. The molecule has 0 radical (unpaired) electrons. The van der Waals surface area contributed by atoms with E-state index in [1.165, 1.54) is 6.07 Å². The van der Waals surface area contributed by atoms with Crippen LogP contribution in [0.15, 0.2) is 18.2 Å². The second-order valence-corrected chi connectivity index (χ2v) is 7.45. The van der Waals surface area contributed by atoms with Gasteiger partial charge in [0.05, 0.1) is 4.92 Å². The Bertz CT molecular complexity index is 735. The molecule has 0 unspecified atom stereocenters. The van der Waals surface area contributed by atoms with Gasteiger partial charge in [-0.15, -0.1) is 0 Å². The van der Waals surface area contributed by atoms with Gasteiger partial charge in [-0.1, -0.05) is 0 Å². The summed E-state index contributed by atoms with van der Waals surface area (Å²) in [5.74, 6) is -0.176. The van der Waals surface area contributed by atoms with Crippen LogP contribution in [0.5, 0.6) is 0 Å². The third-order valence-electron chi connectivity index (χ3n) is 5.44. The molecule has 8 nitrogen and oxygen atoms in total. The van der Waals surface area contributed by atoms with E-state index in [1.807, 2.05) is 4.90 Å². The van der Waals surface area contributed by atoms with Crippen LogP contribution >= 0.6 is 0 Å². The van der Waals surface area contributed by atoms with E-state index >= 15 is 0 Å². The average Bonchev–Trinajstić information content (AvgIpc) is 3.21. The molecule has 3 rings (SSSR count). The number of piperidine rings is 1. The lowest BCUT2D eigenvalue weighted by molar-refractivity contribution is -0.384. The molecule has 1 aromatic carbocycles. The lowest BCUT2D eigenvalue weighted by atomic mass is 9.95. The van der Waals surface area contributed by atoms with Crippen LogP contribution in [0.2, 0.25) is 0 Å². The first-order valence-corrected chi connectivity index (χ1v) is 9.42. The first-order valence-electron chi connectivity index (χ1n) is 9.42. The molecular formula is C19H26N4O4. The van der Waals surface area contributed by atoms with Gasteiger partial charge in [-0.25, -0.2) is 0 Å². The molecule has 0 bridgehead atoms. The van der Waals surface area contributed by atoms with Gasteiger partial charge in [0, 0.05) is 57.8 Å². The van der Waals surface area contributed by atoms with Gasteiger partial charge in [0.25, 0.3) is 11.6 Å². The van der Waals surface area contributed by atoms with Gasteiger partial charge in [0.1, 0.15) is 5.69 Å². The van der Waals surface area contributed by atoms with Crippen molar-refractivity contribution < 1.29 is 14.5 Å². The van der Waals surface area contributed by atoms with Gasteiger partial charge in [0.2, 0.25) is 5.91 Å². The number of nitro groups is 1. The molecule has 0 saturated carbocycles. The Morgan fingerprint density at radius 3 is 2.30 bits per heavy atom. The number of anilines is 1. The maximum atomic E-state index is 12.8. The van der Waals surface area contributed by atoms with Gasteiger partial charge >= 0.3 is 0 Å². The number of carbonyl (C=O) groups excluding carboxylic acids is 2. The largest absolute Gasteiger partial charge is 0.366 e. The van der Waals surface area contributed by atoms with Crippen molar-refractivity contribution >= 4 is 23.2 Å². The standard InChI is InChI=1S/C19H26N4O4/c1-20(2)18(24)14-7-11-22(12-8-14)19(25)15-5-6-16(17(13-15)23(26)27)21-9-3-4-10-21/h5-6,13-14H,3-4,7-12H2,1-2H3. The average molecular weight is 374 g/mol. The second-order valence-electron chi connectivity index (χ2n) is 7.45. The van der Waals surface area contributed by atoms with Crippen molar-refractivity contribution in [2.45, 2.75) is 25.7 Å². The van der Waals surface area contributed by atoms with E-state index in [1.54, 1.807) is 36.0 Å². The van der Waals surface area contributed by atoms with Crippen molar-refractivity contribution in [1.29, 1.82) is 0 Å². The predicted molar refractivity (Wildman–Crippen MR) is 102 cm³/mol. The second kappa shape index (κ2) is 7.94. The molecule has 2 saturated heterocycles. The first kappa shape index (κ1) is 19.1. The Morgan fingerprint density at radius 1 is 1.11 bits per heavy atom. The quantitative estimate of drug-likeness (QED) is 0.595. The molecule has 2 heterocycles. The highest BCUT2D eigenvalue weighted by atomic mass is 16.6. The number of rotatable bonds is 4. The zero-order valence-electron chi connectivity index (χ0n) is 15.9. The van der Waals surface area contributed by atoms with Crippen LogP contribution < -0.4 is 4.90 Å². The van der Waals surface area contributed by atoms with Crippen LogP contribution in [0.3, 0.4) is 0 Å². The van der Waals surface area contributed by atoms with Crippen molar-refractivity contribution in [3.05, 3.63) is 33.9 Å². The summed E-state index contributed by atoms with van der Waals surface area (Å²) < 4.78 is 0. The molecule has 0 atom stereocenters. The first-order chi connectivity index (χ1) is 12.9. The Kier molecular flexibility index (Phi) is 5.62. The van der Waals surface area contributed by atoms with Crippen LogP contribution in [-0.4, -0.2) is 66.8 Å². The van der Waals surface area contributed by atoms with Crippen LogP contribution in [0.25, 0.3) is 0 Å². The molecule has 27 heavy (non-hydrogen) atoms. The number of carbonyl (C=O) groups is 2. The Labute approximate surface area is 158 Å². The molecule has 2 fully saturated rings. The summed E-state index contributed by atoms with van der Waals surface area (Å²) in [6.07, 6.45) is 3.30. The van der Waals surface area contributed by atoms with E-state index in [9.17, 15) is 19.7 Å². The third-order valence-corrected chi connectivity index (χ3v) is 5.44. The third kappa shape index (κ3) is 4.04. The normalized spacial score (nSPS) is 17.9. The summed E-state index contributed by atoms with van der Waals surface area (Å²) in [6, 6.07) is 4.77. The topological polar surface area (TPSA) is 87.0 Å². The number of nitro benzene ring substituents is 1. The number of hydrogen-bond acceptors (Lipinski definition) is 5. The summed E-state index contributed by atoms with van der Waals surface area (Å²) in [5, 5.41) is 11.5. The van der Waals surface area contributed by atoms with Gasteiger partial charge < -0.3 is 14.7 Å². The van der Waals surface area contributed by atoms with Crippen molar-refractivity contribution in [3.63, 3.8) is 0 Å². The van der Waals surface area contributed by atoms with E-state index in [0.717, 1.165) is 25.9 Å². The number of amides is 2. The highest BCUT2D eigenvalue weighted by Crippen LogP contribution is 2.32. The molecule has 146 valence electrons. The minimum atomic E-state index is -0.410. The van der Waals surface area contributed by atoms with E-state index in [2.05, 4.69) is 0 Å². The Morgan fingerprint density at radius 2 is 1.74 bits per heavy atom. The molecule has 0 spiro atoms. The van der Waals surface area contributed by atoms with Crippen LogP contribution in [0, 0.1) is 16.0 Å². The molecule has 0 aliphatic carbocycles. The highest BCUT2D eigenvalue weighted by molar-refractivity contribution is 5.96. The molecule has 8 heteroatoms. The predicted octanol–water partition coefficient (Wildman–Crippen LogP) is 2.14. The van der Waals surface area contributed by atoms with Crippen molar-refractivity contribution in [3.8, 4) is 0 Å². The molecular weight excluding hydrogens is 348 g/mol. The van der Waals surface area contributed by atoms with Crippen molar-refractivity contribution in [2.75, 3.05) is 45.2 Å². The summed E-state index contributed by atoms with van der Waals surface area (Å²) in [5.41, 5.74) is 0.909. The number of likely N-dealkylation sites (tertiary alicyclic amines) is 1. The molecule has 2 aliphatic rings. The summed E-state index contributed by atoms with van der Waals surface area (Å²) in [6.45, 7) is 2.60. The molecule has 0 aromatic heterocycles. The number of hydrogen-bond donors (Lipinski definition) is 0. The van der Waals surface area contributed by atoms with Crippen LogP contribution in [0.4, 0.5) is 11.4 Å². The van der Waals surface area contributed by atoms with Gasteiger partial charge in [0.15, 0.2) is 0 Å². The van der Waals surface area contributed by atoms with Crippen molar-refractivity contribution in [1.82, 2.24) is 9.80 Å². The zero-order chi connectivity index (χ0) is 19.6. The van der Waals surface area contributed by atoms with Gasteiger partial charge in [-0.2, -0.15) is 0 Å². The number of nitrogens with zero attached hydrogens (tertiary/aromatic N) is 4. The van der Waals surface area contributed by atoms with E-state index in [0.29, 0.717) is 37.2 Å². The monoisotopic (exact) mass is 374 g/mol. The fourth-order valence-electron chi connectivity index (χ4n) is 3.91. The van der Waals surface area contributed by atoms with Crippen molar-refractivity contribution in [2.24, 2.45) is 5.92 Å². The fourth-order valence-corrected chi connectivity index (χ4v) is 3.91. The van der Waals surface area contributed by atoms with E-state index in [4.69, 9.17) is 0 Å². The minimum Gasteiger partial charge on any atom is -0.366 e. The van der Waals surface area contributed by atoms with E-state index < -0.39 is 4.92 Å². The minimum absolute atomic E-state index is 0.0135. The lowest BCUT2D eigenvalue weighted by Crippen LogP contribution is -2.42. The van der Waals surface area contributed by atoms with Crippen LogP contribution in [0.1, 0.15) is 36.0 Å². The van der Waals surface area contributed by atoms with Gasteiger partial charge in [-0.05, 0) is 37.8 Å². The summed E-state index contributed by atoms with van der Waals surface area (Å²) in [4.78, 5) is 41.3. The van der Waals surface area contributed by atoms with E-state index in [-0.39, 0.29) is 23.4 Å². The molecule has 0 N–H and O–H groups in total. The van der Waals surface area contributed by atoms with Crippen LogP contribution in [-0.2, 0) is 4.79 Å². The van der Waals surface area contributed by atoms with Gasteiger partial charge in [-0.3, -0.25) is 19.7 Å². The summed E-state index contributed by atoms with van der Waals surface area (Å²) in [7, 11) is 3.47. The molecule has 2 aliphatic heterocycles. The highest BCUT2D eigenvalue weighted by Gasteiger charge is 2.30. The molecule has 1 aromatic rings. The molecule has 2 amide bonds. The SMILES string of the molecule is CN(C)C(=O)C1CCN(C(=O)c2ccc(N3CCCC3)c([N+](=O)[O-])c2)CC1. The number of benzene rings is 1. The maximum absolute atomic E-state index is 12.8. The lowest BCUT2D eigenvalue weighted by Gasteiger charge is -2.32. The Balaban J connectivity index is 1.73. The Hall–Kier alpha value is -2.64. The maximum Gasteiger partial charge on any atom is 0.293 e. The zero-order valence-corrected chi connectivity index (χ0v) is 15.9.